The highest BCUT2D eigenvalue weighted by Crippen LogP contribution is 2.27. The van der Waals surface area contributed by atoms with Crippen LogP contribution in [0.4, 0.5) is 10.5 Å². The van der Waals surface area contributed by atoms with Crippen molar-refractivity contribution in [3.05, 3.63) is 41.5 Å². The molecule has 0 aliphatic heterocycles. The van der Waals surface area contributed by atoms with Crippen molar-refractivity contribution in [3.8, 4) is 0 Å². The van der Waals surface area contributed by atoms with Gasteiger partial charge in [0.05, 0.1) is 0 Å². The molecule has 0 saturated carbocycles. The minimum atomic E-state index is -0.0632. The fourth-order valence-corrected chi connectivity index (χ4v) is 2.18. The lowest BCUT2D eigenvalue weighted by Crippen LogP contribution is -2.36. The lowest BCUT2D eigenvalue weighted by Gasteiger charge is -2.24. The highest BCUT2D eigenvalue weighted by molar-refractivity contribution is 5.91. The number of amides is 2. The number of benzene rings is 1. The van der Waals surface area contributed by atoms with Crippen molar-refractivity contribution in [2.24, 2.45) is 0 Å². The second-order valence-corrected chi connectivity index (χ2v) is 5.60. The second-order valence-electron chi connectivity index (χ2n) is 5.60. The van der Waals surface area contributed by atoms with E-state index in [1.54, 1.807) is 4.90 Å². The first-order valence-electron chi connectivity index (χ1n) is 7.16. The van der Waals surface area contributed by atoms with Crippen LogP contribution in [0.3, 0.4) is 0 Å². The molecule has 0 radical (unpaired) electrons. The van der Waals surface area contributed by atoms with E-state index in [-0.39, 0.29) is 6.03 Å². The monoisotopic (exact) mass is 274 g/mol. The van der Waals surface area contributed by atoms with Crippen molar-refractivity contribution in [1.29, 1.82) is 0 Å². The molecule has 3 heteroatoms. The van der Waals surface area contributed by atoms with E-state index >= 15 is 0 Å². The van der Waals surface area contributed by atoms with Crippen molar-refractivity contribution in [3.63, 3.8) is 0 Å². The van der Waals surface area contributed by atoms with Crippen molar-refractivity contribution in [2.45, 2.75) is 40.5 Å². The number of nitrogens with one attached hydrogen (secondary N) is 1. The van der Waals surface area contributed by atoms with Crippen LogP contribution in [0.2, 0.25) is 0 Å². The minimum Gasteiger partial charge on any atom is -0.321 e. The fourth-order valence-electron chi connectivity index (χ4n) is 2.18. The summed E-state index contributed by atoms with van der Waals surface area (Å²) in [5.74, 6) is 0.376. The van der Waals surface area contributed by atoms with Crippen molar-refractivity contribution in [1.82, 2.24) is 4.90 Å². The summed E-state index contributed by atoms with van der Waals surface area (Å²) in [6, 6.07) is 6.07. The zero-order chi connectivity index (χ0) is 15.3. The zero-order valence-electron chi connectivity index (χ0n) is 13.3. The SMILES string of the molecule is C=C(C)CN(CC)C(=O)Nc1c(C)cccc1C(C)C. The van der Waals surface area contributed by atoms with Crippen LogP contribution in [0, 0.1) is 6.92 Å². The van der Waals surface area contributed by atoms with Crippen LogP contribution < -0.4 is 5.32 Å². The molecule has 0 unspecified atom stereocenters. The Hall–Kier alpha value is -1.77. The molecule has 0 spiro atoms. The number of hydrogen-bond donors (Lipinski definition) is 1. The number of hydrogen-bond acceptors (Lipinski definition) is 1. The molecule has 0 heterocycles. The Morgan fingerprint density at radius 1 is 1.40 bits per heavy atom. The average molecular weight is 274 g/mol. The Kier molecular flexibility index (Phi) is 5.81. The van der Waals surface area contributed by atoms with E-state index < -0.39 is 0 Å². The molecule has 0 fully saturated rings. The number of likely N-dealkylation sites (N-methyl/N-ethyl adjacent to an activating group) is 1. The molecule has 1 aromatic carbocycles. The molecule has 0 aromatic heterocycles. The number of carbonyl (C=O) groups excluding carboxylic acids is 1. The maximum atomic E-state index is 12.4. The first kappa shape index (κ1) is 16.3. The van der Waals surface area contributed by atoms with E-state index in [4.69, 9.17) is 0 Å². The summed E-state index contributed by atoms with van der Waals surface area (Å²) >= 11 is 0. The van der Waals surface area contributed by atoms with Crippen LogP contribution in [0.15, 0.2) is 30.4 Å². The van der Waals surface area contributed by atoms with Gasteiger partial charge in [-0.1, -0.05) is 44.2 Å². The van der Waals surface area contributed by atoms with E-state index in [1.165, 1.54) is 5.56 Å². The third-order valence-electron chi connectivity index (χ3n) is 3.29. The number of anilines is 1. The van der Waals surface area contributed by atoms with Gasteiger partial charge in [-0.05, 0) is 37.8 Å². The highest BCUT2D eigenvalue weighted by Gasteiger charge is 2.16. The normalized spacial score (nSPS) is 10.5. The molecule has 1 N–H and O–H groups in total. The molecule has 1 rings (SSSR count). The minimum absolute atomic E-state index is 0.0632. The number of aryl methyl sites for hydroxylation is 1. The molecular weight excluding hydrogens is 248 g/mol. The van der Waals surface area contributed by atoms with Gasteiger partial charge in [0, 0.05) is 18.8 Å². The molecule has 0 aliphatic carbocycles. The van der Waals surface area contributed by atoms with Gasteiger partial charge < -0.3 is 10.2 Å². The van der Waals surface area contributed by atoms with Gasteiger partial charge in [0.1, 0.15) is 0 Å². The van der Waals surface area contributed by atoms with E-state index in [1.807, 2.05) is 32.9 Å². The number of nitrogens with zero attached hydrogens (tertiary/aromatic N) is 1. The molecular formula is C17H26N2O. The smallest absolute Gasteiger partial charge is 0.321 e. The number of urea groups is 1. The fraction of sp³-hybridized carbons (Fsp3) is 0.471. The topological polar surface area (TPSA) is 32.3 Å². The molecule has 0 saturated heterocycles. The second kappa shape index (κ2) is 7.13. The van der Waals surface area contributed by atoms with Crippen LogP contribution in [-0.2, 0) is 0 Å². The first-order chi connectivity index (χ1) is 9.36. The molecule has 2 amide bonds. The van der Waals surface area contributed by atoms with Crippen molar-refractivity contribution < 1.29 is 4.79 Å². The van der Waals surface area contributed by atoms with Crippen LogP contribution >= 0.6 is 0 Å². The molecule has 0 aliphatic rings. The zero-order valence-corrected chi connectivity index (χ0v) is 13.3. The number of para-hydroxylation sites is 1. The largest absolute Gasteiger partial charge is 0.322 e. The summed E-state index contributed by atoms with van der Waals surface area (Å²) in [7, 11) is 0. The van der Waals surface area contributed by atoms with E-state index in [0.717, 1.165) is 16.8 Å². The van der Waals surface area contributed by atoms with Gasteiger partial charge in [0.15, 0.2) is 0 Å². The molecule has 20 heavy (non-hydrogen) atoms. The summed E-state index contributed by atoms with van der Waals surface area (Å²) in [5, 5.41) is 3.06. The summed E-state index contributed by atoms with van der Waals surface area (Å²) < 4.78 is 0. The van der Waals surface area contributed by atoms with E-state index in [2.05, 4.69) is 31.8 Å². The molecule has 0 bridgehead atoms. The Balaban J connectivity index is 2.97. The quantitative estimate of drug-likeness (QED) is 0.785. The van der Waals surface area contributed by atoms with Gasteiger partial charge in [-0.15, -0.1) is 0 Å². The molecule has 0 atom stereocenters. The van der Waals surface area contributed by atoms with Gasteiger partial charge >= 0.3 is 6.03 Å². The summed E-state index contributed by atoms with van der Waals surface area (Å²) in [5.41, 5.74) is 4.18. The standard InChI is InChI=1S/C17H26N2O/c1-7-19(11-12(2)3)17(20)18-16-14(6)9-8-10-15(16)13(4)5/h8-10,13H,2,7,11H2,1,3-6H3,(H,18,20). The van der Waals surface area contributed by atoms with Crippen LogP contribution in [0.5, 0.6) is 0 Å². The van der Waals surface area contributed by atoms with Crippen LogP contribution in [0.1, 0.15) is 44.7 Å². The van der Waals surface area contributed by atoms with E-state index in [0.29, 0.717) is 19.0 Å². The van der Waals surface area contributed by atoms with Gasteiger partial charge in [-0.3, -0.25) is 0 Å². The van der Waals surface area contributed by atoms with Gasteiger partial charge in [0.25, 0.3) is 0 Å². The van der Waals surface area contributed by atoms with Crippen molar-refractivity contribution in [2.75, 3.05) is 18.4 Å². The third kappa shape index (κ3) is 4.12. The Labute approximate surface area is 122 Å². The van der Waals surface area contributed by atoms with Crippen LogP contribution in [0.25, 0.3) is 0 Å². The number of carbonyl (C=O) groups is 1. The third-order valence-corrected chi connectivity index (χ3v) is 3.29. The Morgan fingerprint density at radius 2 is 2.05 bits per heavy atom. The number of rotatable bonds is 5. The maximum absolute atomic E-state index is 12.4. The maximum Gasteiger partial charge on any atom is 0.322 e. The average Bonchev–Trinajstić information content (AvgIpc) is 2.37. The first-order valence-corrected chi connectivity index (χ1v) is 7.16. The lowest BCUT2D eigenvalue weighted by atomic mass is 9.98. The van der Waals surface area contributed by atoms with Gasteiger partial charge in [-0.25, -0.2) is 4.79 Å². The summed E-state index contributed by atoms with van der Waals surface area (Å²) in [4.78, 5) is 14.1. The lowest BCUT2D eigenvalue weighted by molar-refractivity contribution is 0.218. The molecule has 110 valence electrons. The predicted molar refractivity (Wildman–Crippen MR) is 86.3 cm³/mol. The van der Waals surface area contributed by atoms with Gasteiger partial charge in [-0.2, -0.15) is 0 Å². The predicted octanol–water partition coefficient (Wildman–Crippen LogP) is 4.55. The van der Waals surface area contributed by atoms with Crippen molar-refractivity contribution >= 4 is 11.7 Å². The molecule has 3 nitrogen and oxygen atoms in total. The summed E-state index contributed by atoms with van der Waals surface area (Å²) in [6.45, 7) is 15.3. The Bertz CT molecular complexity index is 492. The van der Waals surface area contributed by atoms with E-state index in [9.17, 15) is 4.79 Å². The molecule has 1 aromatic rings. The Morgan fingerprint density at radius 3 is 2.55 bits per heavy atom. The highest BCUT2D eigenvalue weighted by atomic mass is 16.2. The summed E-state index contributed by atoms with van der Waals surface area (Å²) in [6.07, 6.45) is 0. The van der Waals surface area contributed by atoms with Gasteiger partial charge in [0.2, 0.25) is 0 Å². The van der Waals surface area contributed by atoms with Crippen LogP contribution in [-0.4, -0.2) is 24.0 Å².